The van der Waals surface area contributed by atoms with Crippen molar-refractivity contribution in [2.45, 2.75) is 11.1 Å². The van der Waals surface area contributed by atoms with Gasteiger partial charge in [0.2, 0.25) is 16.9 Å². The number of Topliss-reactive ketones (excluding diaryl/α,β-unsaturated/α-hetero) is 1. The highest BCUT2D eigenvalue weighted by Crippen LogP contribution is 2.18. The maximum atomic E-state index is 11.9. The largest absolute Gasteiger partial charge is 0.467 e. The topological polar surface area (TPSA) is 35.5 Å². The number of alkyl halides is 2. The molecule has 0 spiro atoms. The maximum absolute atomic E-state index is 11.9. The van der Waals surface area contributed by atoms with Crippen LogP contribution in [0.15, 0.2) is 60.7 Å². The lowest BCUT2D eigenvalue weighted by Gasteiger charge is -2.16. The second-order valence-corrected chi connectivity index (χ2v) is 4.69. The Morgan fingerprint density at radius 1 is 0.750 bits per heavy atom. The van der Waals surface area contributed by atoms with Gasteiger partial charge in [-0.05, 0) is 24.3 Å². The molecule has 2 aromatic carbocycles. The molecule has 0 radical (unpaired) electrons. The zero-order valence-electron chi connectivity index (χ0n) is 10.4. The summed E-state index contributed by atoms with van der Waals surface area (Å²) in [5.41, 5.74) is -2.41. The summed E-state index contributed by atoms with van der Waals surface area (Å²) in [5.74, 6) is 0.426. The molecule has 0 fully saturated rings. The van der Waals surface area contributed by atoms with E-state index in [0.29, 0.717) is 11.5 Å². The zero-order chi connectivity index (χ0) is 14.4. The molecule has 0 amide bonds. The van der Waals surface area contributed by atoms with Crippen LogP contribution in [0.2, 0.25) is 0 Å². The predicted molar refractivity (Wildman–Crippen MR) is 78.4 cm³/mol. The molecule has 0 aliphatic heterocycles. The first-order chi connectivity index (χ1) is 9.66. The minimum absolute atomic E-state index is 0.490. The molecule has 0 aliphatic rings. The summed E-state index contributed by atoms with van der Waals surface area (Å²) in [6.07, 6.45) is 0. The monoisotopic (exact) mass is 310 g/mol. The van der Waals surface area contributed by atoms with E-state index in [1.54, 1.807) is 48.5 Å². The molecule has 0 heterocycles. The van der Waals surface area contributed by atoms with Crippen molar-refractivity contribution in [1.82, 2.24) is 0 Å². The smallest absolute Gasteiger partial charge is 0.244 e. The highest BCUT2D eigenvalue weighted by Gasteiger charge is 2.27. The highest BCUT2D eigenvalue weighted by atomic mass is 35.5. The second-order valence-electron chi connectivity index (χ2n) is 3.90. The number of rotatable bonds is 6. The lowest BCUT2D eigenvalue weighted by atomic mass is 10.3. The predicted octanol–water partition coefficient (Wildman–Crippen LogP) is 3.84. The fourth-order valence-corrected chi connectivity index (χ4v) is 1.96. The number of para-hydroxylation sites is 2. The van der Waals surface area contributed by atoms with E-state index in [0.717, 1.165) is 0 Å². The van der Waals surface area contributed by atoms with Gasteiger partial charge in [-0.25, -0.2) is 0 Å². The summed E-state index contributed by atoms with van der Waals surface area (Å²) >= 11 is 11.8. The van der Waals surface area contributed by atoms with Crippen LogP contribution < -0.4 is 9.47 Å². The SMILES string of the molecule is O=C(C(Cl)Oc1ccccc1)C(Cl)Oc1ccccc1. The molecule has 2 rings (SSSR count). The second kappa shape index (κ2) is 7.17. The Labute approximate surface area is 127 Å². The molecule has 2 unspecified atom stereocenters. The number of carbonyl (C=O) groups is 1. The molecule has 20 heavy (non-hydrogen) atoms. The first kappa shape index (κ1) is 14.7. The van der Waals surface area contributed by atoms with Crippen LogP contribution >= 0.6 is 23.2 Å². The average molecular weight is 311 g/mol. The number of halogens is 2. The lowest BCUT2D eigenvalue weighted by molar-refractivity contribution is -0.126. The average Bonchev–Trinajstić information content (AvgIpc) is 2.48. The zero-order valence-corrected chi connectivity index (χ0v) is 11.9. The molecule has 0 saturated carbocycles. The van der Waals surface area contributed by atoms with Gasteiger partial charge in [-0.15, -0.1) is 0 Å². The molecule has 104 valence electrons. The number of ether oxygens (including phenoxy) is 2. The van der Waals surface area contributed by atoms with Crippen LogP contribution in [0.3, 0.4) is 0 Å². The van der Waals surface area contributed by atoms with E-state index in [4.69, 9.17) is 32.7 Å². The van der Waals surface area contributed by atoms with Crippen molar-refractivity contribution in [3.8, 4) is 11.5 Å². The molecule has 0 N–H and O–H groups in total. The van der Waals surface area contributed by atoms with E-state index in [-0.39, 0.29) is 0 Å². The fourth-order valence-electron chi connectivity index (χ4n) is 1.46. The Morgan fingerprint density at radius 2 is 1.10 bits per heavy atom. The van der Waals surface area contributed by atoms with Crippen molar-refractivity contribution in [3.63, 3.8) is 0 Å². The van der Waals surface area contributed by atoms with Gasteiger partial charge in [0.05, 0.1) is 0 Å². The summed E-state index contributed by atoms with van der Waals surface area (Å²) < 4.78 is 10.6. The van der Waals surface area contributed by atoms with E-state index in [1.807, 2.05) is 12.1 Å². The molecule has 5 heteroatoms. The molecular formula is C15H12Cl2O3. The number of benzene rings is 2. The molecular weight excluding hydrogens is 299 g/mol. The van der Waals surface area contributed by atoms with Gasteiger partial charge in [0.25, 0.3) is 0 Å². The Bertz CT molecular complexity index is 496. The van der Waals surface area contributed by atoms with Crippen molar-refractivity contribution >= 4 is 29.0 Å². The van der Waals surface area contributed by atoms with E-state index in [1.165, 1.54) is 0 Å². The van der Waals surface area contributed by atoms with E-state index in [9.17, 15) is 4.79 Å². The van der Waals surface area contributed by atoms with Crippen LogP contribution in [-0.2, 0) is 4.79 Å². The Hall–Kier alpha value is -1.71. The van der Waals surface area contributed by atoms with Gasteiger partial charge in [0.1, 0.15) is 11.5 Å². The minimum atomic E-state index is -1.20. The Morgan fingerprint density at radius 3 is 1.45 bits per heavy atom. The molecule has 0 aromatic heterocycles. The van der Waals surface area contributed by atoms with Crippen molar-refractivity contribution in [3.05, 3.63) is 60.7 Å². The van der Waals surface area contributed by atoms with E-state index >= 15 is 0 Å². The molecule has 0 bridgehead atoms. The standard InChI is InChI=1S/C15H12Cl2O3/c16-14(19-11-7-3-1-4-8-11)13(18)15(17)20-12-9-5-2-6-10-12/h1-10,14-15H. The summed E-state index contributed by atoms with van der Waals surface area (Å²) in [6, 6.07) is 17.6. The van der Waals surface area contributed by atoms with Crippen LogP contribution in [0.1, 0.15) is 0 Å². The van der Waals surface area contributed by atoms with Gasteiger partial charge in [0, 0.05) is 0 Å². The first-order valence-corrected chi connectivity index (χ1v) is 6.79. The molecule has 2 aromatic rings. The van der Waals surface area contributed by atoms with Gasteiger partial charge in [-0.2, -0.15) is 0 Å². The normalized spacial score (nSPS) is 13.3. The van der Waals surface area contributed by atoms with Crippen LogP contribution in [0.5, 0.6) is 11.5 Å². The van der Waals surface area contributed by atoms with Crippen LogP contribution in [0.25, 0.3) is 0 Å². The maximum Gasteiger partial charge on any atom is 0.244 e. The first-order valence-electron chi connectivity index (χ1n) is 5.92. The number of hydrogen-bond donors (Lipinski definition) is 0. The number of carbonyl (C=O) groups excluding carboxylic acids is 1. The summed E-state index contributed by atoms with van der Waals surface area (Å²) in [7, 11) is 0. The number of ketones is 1. The minimum Gasteiger partial charge on any atom is -0.467 e. The number of hydrogen-bond acceptors (Lipinski definition) is 3. The van der Waals surface area contributed by atoms with Crippen molar-refractivity contribution in [2.75, 3.05) is 0 Å². The summed E-state index contributed by atoms with van der Waals surface area (Å²) in [4.78, 5) is 11.9. The van der Waals surface area contributed by atoms with Gasteiger partial charge in [0.15, 0.2) is 0 Å². The lowest BCUT2D eigenvalue weighted by Crippen LogP contribution is -2.32. The highest BCUT2D eigenvalue weighted by molar-refractivity contribution is 6.38. The van der Waals surface area contributed by atoms with Crippen LogP contribution in [0, 0.1) is 0 Å². The van der Waals surface area contributed by atoms with Crippen molar-refractivity contribution < 1.29 is 14.3 Å². The fraction of sp³-hybridized carbons (Fsp3) is 0.133. The summed E-state index contributed by atoms with van der Waals surface area (Å²) in [6.45, 7) is 0. The molecule has 0 aliphatic carbocycles. The van der Waals surface area contributed by atoms with Gasteiger partial charge in [-0.3, -0.25) is 4.79 Å². The van der Waals surface area contributed by atoms with Crippen LogP contribution in [-0.4, -0.2) is 16.9 Å². The van der Waals surface area contributed by atoms with Crippen molar-refractivity contribution in [1.29, 1.82) is 0 Å². The Kier molecular flexibility index (Phi) is 5.27. The third kappa shape index (κ3) is 4.15. The third-order valence-electron chi connectivity index (χ3n) is 2.41. The van der Waals surface area contributed by atoms with Crippen LogP contribution in [0.4, 0.5) is 0 Å². The molecule has 0 saturated heterocycles. The summed E-state index contributed by atoms with van der Waals surface area (Å²) in [5, 5.41) is 0. The van der Waals surface area contributed by atoms with Gasteiger partial charge in [-0.1, -0.05) is 59.6 Å². The molecule has 3 nitrogen and oxygen atoms in total. The third-order valence-corrected chi connectivity index (χ3v) is 3.02. The Balaban J connectivity index is 1.93. The van der Waals surface area contributed by atoms with Gasteiger partial charge >= 0.3 is 0 Å². The van der Waals surface area contributed by atoms with E-state index in [2.05, 4.69) is 0 Å². The van der Waals surface area contributed by atoms with Gasteiger partial charge < -0.3 is 9.47 Å². The quantitative estimate of drug-likeness (QED) is 0.760. The van der Waals surface area contributed by atoms with E-state index < -0.39 is 16.9 Å². The molecule has 2 atom stereocenters. The van der Waals surface area contributed by atoms with Crippen molar-refractivity contribution in [2.24, 2.45) is 0 Å².